The van der Waals surface area contributed by atoms with Crippen LogP contribution in [0, 0.1) is 0 Å². The number of imide groups is 1. The number of H-pyrrole nitrogens is 1. The number of aryl methyl sites for hydroxylation is 1. The van der Waals surface area contributed by atoms with Crippen LogP contribution >= 0.6 is 0 Å². The van der Waals surface area contributed by atoms with Gasteiger partial charge in [0.1, 0.15) is 12.3 Å². The normalized spacial score (nSPS) is 13.8. The number of benzene rings is 1. The summed E-state index contributed by atoms with van der Waals surface area (Å²) >= 11 is 0. The maximum absolute atomic E-state index is 13.1. The number of carboxylic acids is 1. The van der Waals surface area contributed by atoms with Crippen LogP contribution < -0.4 is 14.5 Å². The Balaban J connectivity index is 0.000000517. The highest BCUT2D eigenvalue weighted by molar-refractivity contribution is 6.27. The van der Waals surface area contributed by atoms with Gasteiger partial charge in [0.05, 0.1) is 41.0 Å². The third-order valence-corrected chi connectivity index (χ3v) is 5.91. The number of aliphatic carboxylic acids is 1. The number of carboxylic acid groups (broad SMARTS) is 1. The van der Waals surface area contributed by atoms with Crippen molar-refractivity contribution in [2.24, 2.45) is 0 Å². The molecular weight excluding hydrogens is 576 g/mol. The molecule has 2 N–H and O–H groups in total. The van der Waals surface area contributed by atoms with Gasteiger partial charge in [0.2, 0.25) is 0 Å². The molecule has 3 aromatic heterocycles. The van der Waals surface area contributed by atoms with Crippen LogP contribution in [0.4, 0.5) is 42.5 Å². The summed E-state index contributed by atoms with van der Waals surface area (Å²) in [5.41, 5.74) is 0.730. The van der Waals surface area contributed by atoms with E-state index in [0.717, 1.165) is 38.5 Å². The average Bonchev–Trinajstić information content (AvgIpc) is 3.53. The van der Waals surface area contributed by atoms with E-state index in [1.54, 1.807) is 36.8 Å². The summed E-state index contributed by atoms with van der Waals surface area (Å²) in [6, 6.07) is 6.77. The van der Waals surface area contributed by atoms with E-state index in [1.165, 1.54) is 0 Å². The quantitative estimate of drug-likeness (QED) is 0.216. The zero-order valence-corrected chi connectivity index (χ0v) is 21.3. The van der Waals surface area contributed by atoms with Gasteiger partial charge in [-0.1, -0.05) is 6.92 Å². The highest BCUT2D eigenvalue weighted by Gasteiger charge is 2.40. The number of hydrogen-bond acceptors (Lipinski definition) is 6. The molecule has 0 saturated carbocycles. The highest BCUT2D eigenvalue weighted by Crippen LogP contribution is 2.36. The molecule has 0 bridgehead atoms. The number of fused-ring (bicyclic) bond motifs is 1. The van der Waals surface area contributed by atoms with Crippen LogP contribution in [0.15, 0.2) is 61.3 Å². The van der Waals surface area contributed by atoms with Crippen molar-refractivity contribution in [2.75, 3.05) is 16.3 Å². The van der Waals surface area contributed by atoms with E-state index in [2.05, 4.69) is 15.0 Å². The number of halogens is 6. The van der Waals surface area contributed by atoms with Crippen molar-refractivity contribution in [3.05, 3.63) is 72.4 Å². The van der Waals surface area contributed by atoms with Crippen LogP contribution in [-0.2, 0) is 22.2 Å². The number of urea groups is 1. The minimum absolute atomic E-state index is 0.108. The lowest BCUT2D eigenvalue weighted by atomic mass is 10.1. The fraction of sp³-hybridized carbons (Fsp3) is 0.192. The number of nitrogens with zero attached hydrogens (tertiary/aromatic N) is 4. The molecule has 10 nitrogen and oxygen atoms in total. The number of aromatic nitrogens is 3. The topological polar surface area (TPSA) is 129 Å². The fourth-order valence-electron chi connectivity index (χ4n) is 3.92. The Hall–Kier alpha value is -5.15. The Morgan fingerprint density at radius 1 is 0.976 bits per heavy atom. The number of aromatic amines is 1. The van der Waals surface area contributed by atoms with Crippen LogP contribution in [0.1, 0.15) is 18.1 Å². The predicted octanol–water partition coefficient (Wildman–Crippen LogP) is 5.94. The summed E-state index contributed by atoms with van der Waals surface area (Å²) in [5.74, 6) is -2.25. The summed E-state index contributed by atoms with van der Waals surface area (Å²) in [6.45, 7) is 1.50. The van der Waals surface area contributed by atoms with E-state index in [9.17, 15) is 35.9 Å². The Kier molecular flexibility index (Phi) is 8.08. The number of pyridine rings is 2. The summed E-state index contributed by atoms with van der Waals surface area (Å²) in [5, 5.41) is 7.97. The van der Waals surface area contributed by atoms with Crippen LogP contribution in [0.2, 0.25) is 0 Å². The lowest BCUT2D eigenvalue weighted by Crippen LogP contribution is -2.33. The molecule has 0 aliphatic carbocycles. The van der Waals surface area contributed by atoms with Gasteiger partial charge in [-0.25, -0.2) is 14.5 Å². The van der Waals surface area contributed by atoms with Gasteiger partial charge in [0.25, 0.3) is 5.91 Å². The Bertz CT molecular complexity index is 1650. The van der Waals surface area contributed by atoms with Crippen LogP contribution in [0.5, 0.6) is 11.5 Å². The molecule has 1 fully saturated rings. The molecule has 4 heterocycles. The average molecular weight is 595 g/mol. The second-order valence-corrected chi connectivity index (χ2v) is 8.65. The largest absolute Gasteiger partial charge is 0.490 e. The number of carbonyl (C=O) groups is 3. The van der Waals surface area contributed by atoms with Gasteiger partial charge in [0, 0.05) is 17.8 Å². The number of anilines is 2. The van der Waals surface area contributed by atoms with E-state index in [0.29, 0.717) is 29.8 Å². The maximum Gasteiger partial charge on any atom is 0.490 e. The van der Waals surface area contributed by atoms with Crippen LogP contribution in [-0.4, -0.2) is 50.7 Å². The molecule has 0 atom stereocenters. The number of ether oxygens (including phenoxy) is 1. The van der Waals surface area contributed by atoms with Crippen molar-refractivity contribution >= 4 is 40.2 Å². The minimum atomic E-state index is -5.08. The van der Waals surface area contributed by atoms with Gasteiger partial charge >= 0.3 is 24.4 Å². The molecule has 1 saturated heterocycles. The Morgan fingerprint density at radius 3 is 2.31 bits per heavy atom. The molecule has 42 heavy (non-hydrogen) atoms. The van der Waals surface area contributed by atoms with Crippen molar-refractivity contribution in [3.63, 3.8) is 0 Å². The third kappa shape index (κ3) is 6.26. The first-order valence-electron chi connectivity index (χ1n) is 11.9. The number of carbonyl (C=O) groups excluding carboxylic acids is 2. The van der Waals surface area contributed by atoms with E-state index in [-0.39, 0.29) is 5.69 Å². The first-order valence-corrected chi connectivity index (χ1v) is 11.9. The summed E-state index contributed by atoms with van der Waals surface area (Å²) in [6.07, 6.45) is -2.33. The number of alkyl halides is 6. The van der Waals surface area contributed by atoms with Gasteiger partial charge in [0.15, 0.2) is 5.75 Å². The van der Waals surface area contributed by atoms with Gasteiger partial charge in [-0.3, -0.25) is 19.7 Å². The highest BCUT2D eigenvalue weighted by atomic mass is 19.4. The number of rotatable bonds is 5. The second kappa shape index (κ2) is 11.4. The molecule has 3 amide bonds. The van der Waals surface area contributed by atoms with Crippen LogP contribution in [0.3, 0.4) is 0 Å². The van der Waals surface area contributed by atoms with E-state index in [1.807, 2.05) is 13.0 Å². The zero-order chi connectivity index (χ0) is 30.8. The predicted molar refractivity (Wildman–Crippen MR) is 135 cm³/mol. The molecule has 5 rings (SSSR count). The van der Waals surface area contributed by atoms with Gasteiger partial charge in [-0.05, 0) is 42.3 Å². The fourth-order valence-corrected chi connectivity index (χ4v) is 3.92. The van der Waals surface area contributed by atoms with Gasteiger partial charge < -0.3 is 14.8 Å². The number of hydrogen-bond donors (Lipinski definition) is 2. The Labute approximate surface area is 232 Å². The van der Waals surface area contributed by atoms with Crippen molar-refractivity contribution in [1.29, 1.82) is 0 Å². The molecule has 16 heteroatoms. The summed E-state index contributed by atoms with van der Waals surface area (Å²) in [7, 11) is 0. The lowest BCUT2D eigenvalue weighted by Gasteiger charge is -2.19. The number of nitrogens with one attached hydrogen (secondary N) is 1. The zero-order valence-electron chi connectivity index (χ0n) is 21.3. The van der Waals surface area contributed by atoms with Crippen molar-refractivity contribution in [3.8, 4) is 11.5 Å². The summed E-state index contributed by atoms with van der Waals surface area (Å²) in [4.78, 5) is 47.4. The molecule has 220 valence electrons. The van der Waals surface area contributed by atoms with Crippen molar-refractivity contribution < 1.29 is 50.6 Å². The Morgan fingerprint density at radius 2 is 1.67 bits per heavy atom. The SMILES string of the molecule is CCc1cc(N2C(=O)CN(c3cncc(C(F)(F)F)c3)C2=O)ccc1Oc1cncc2[nH]ccc12.O=C(O)C(F)(F)F. The molecule has 0 spiro atoms. The first kappa shape index (κ1) is 29.8. The minimum Gasteiger partial charge on any atom is -0.475 e. The molecule has 1 aliphatic rings. The summed E-state index contributed by atoms with van der Waals surface area (Å²) < 4.78 is 77.1. The van der Waals surface area contributed by atoms with E-state index in [4.69, 9.17) is 14.6 Å². The third-order valence-electron chi connectivity index (χ3n) is 5.91. The molecule has 0 unspecified atom stereocenters. The maximum atomic E-state index is 13.1. The molecule has 4 aromatic rings. The molecule has 0 radical (unpaired) electrons. The van der Waals surface area contributed by atoms with E-state index >= 15 is 0 Å². The molecular formula is C26H19F6N5O5. The molecule has 1 aliphatic heterocycles. The monoisotopic (exact) mass is 595 g/mol. The molecule has 1 aromatic carbocycles. The van der Waals surface area contributed by atoms with Gasteiger partial charge in [-0.15, -0.1) is 0 Å². The van der Waals surface area contributed by atoms with E-state index < -0.39 is 42.4 Å². The van der Waals surface area contributed by atoms with Crippen molar-refractivity contribution in [2.45, 2.75) is 25.7 Å². The number of amides is 3. The van der Waals surface area contributed by atoms with Crippen LogP contribution in [0.25, 0.3) is 10.9 Å². The lowest BCUT2D eigenvalue weighted by molar-refractivity contribution is -0.192. The smallest absolute Gasteiger partial charge is 0.475 e. The standard InChI is InChI=1S/C24H18F3N5O3.C2HF3O2/c1-2-14-7-16(3-4-20(14)35-21-12-29-11-19-18(21)5-6-30-19)32-22(33)13-31(23(32)34)17-8-15(9-28-10-17)24(25,26)27;3-2(4,5)1(6)7/h3-12,30H,2,13H2,1H3;(H,6,7). The first-order chi connectivity index (χ1) is 19.7. The van der Waals surface area contributed by atoms with Crippen molar-refractivity contribution in [1.82, 2.24) is 15.0 Å². The van der Waals surface area contributed by atoms with Gasteiger partial charge in [-0.2, -0.15) is 26.3 Å². The second-order valence-electron chi connectivity index (χ2n) is 8.65.